The van der Waals surface area contributed by atoms with Crippen molar-refractivity contribution in [2.45, 2.75) is 24.4 Å². The van der Waals surface area contributed by atoms with Gasteiger partial charge in [-0.2, -0.15) is 0 Å². The van der Waals surface area contributed by atoms with Crippen molar-refractivity contribution in [1.29, 1.82) is 0 Å². The van der Waals surface area contributed by atoms with Crippen molar-refractivity contribution in [3.05, 3.63) is 24.3 Å². The lowest BCUT2D eigenvalue weighted by molar-refractivity contribution is -0.0253. The van der Waals surface area contributed by atoms with Gasteiger partial charge < -0.3 is 20.1 Å². The highest BCUT2D eigenvalue weighted by Gasteiger charge is 2.44. The van der Waals surface area contributed by atoms with Crippen LogP contribution in [0.4, 0.5) is 0 Å². The summed E-state index contributed by atoms with van der Waals surface area (Å²) in [5.41, 5.74) is 0. The molecule has 2 rings (SSSR count). The van der Waals surface area contributed by atoms with E-state index in [0.717, 1.165) is 0 Å². The summed E-state index contributed by atoms with van der Waals surface area (Å²) in [4.78, 5) is 7.85. The van der Waals surface area contributed by atoms with E-state index in [9.17, 15) is 10.2 Å². The van der Waals surface area contributed by atoms with E-state index in [0.29, 0.717) is 5.82 Å². The Morgan fingerprint density at radius 1 is 1.20 bits per heavy atom. The minimum atomic E-state index is -1.11. The van der Waals surface area contributed by atoms with Crippen LogP contribution in [0.2, 0.25) is 0 Å². The number of aromatic nitrogens is 2. The lowest BCUT2D eigenvalue weighted by Crippen LogP contribution is -2.32. The van der Waals surface area contributed by atoms with Gasteiger partial charge in [-0.15, -0.1) is 0 Å². The molecule has 6 nitrogen and oxygen atoms in total. The molecule has 82 valence electrons. The molecular formula is C9H12N2O4. The second kappa shape index (κ2) is 4.19. The Kier molecular flexibility index (Phi) is 2.92. The average Bonchev–Trinajstić information content (AvgIpc) is 2.57. The Balaban J connectivity index is 2.19. The summed E-state index contributed by atoms with van der Waals surface area (Å²) in [5, 5.41) is 28.0. The third-order valence-electron chi connectivity index (χ3n) is 2.38. The summed E-state index contributed by atoms with van der Waals surface area (Å²) in [6, 6.07) is 1.64. The van der Waals surface area contributed by atoms with E-state index in [1.807, 2.05) is 0 Å². The molecule has 1 aromatic rings. The van der Waals surface area contributed by atoms with E-state index >= 15 is 0 Å². The predicted molar refractivity (Wildman–Crippen MR) is 48.7 cm³/mol. The monoisotopic (exact) mass is 212 g/mol. The SMILES string of the molecule is OC[C@H]1O[C@@H](c2ncccn2)[C@H](O)[C@@H]1O. The zero-order valence-electron chi connectivity index (χ0n) is 7.89. The molecule has 0 aromatic carbocycles. The predicted octanol–water partition coefficient (Wildman–Crippen LogP) is -1.37. The van der Waals surface area contributed by atoms with Gasteiger partial charge in [0.25, 0.3) is 0 Å². The molecule has 0 spiro atoms. The van der Waals surface area contributed by atoms with E-state index in [1.54, 1.807) is 6.07 Å². The zero-order valence-corrected chi connectivity index (χ0v) is 7.89. The summed E-state index contributed by atoms with van der Waals surface area (Å²) in [6.45, 7) is -0.346. The Bertz CT molecular complexity index is 321. The minimum absolute atomic E-state index is 0.306. The van der Waals surface area contributed by atoms with Gasteiger partial charge in [-0.1, -0.05) is 0 Å². The second-order valence-electron chi connectivity index (χ2n) is 3.37. The number of hydrogen-bond donors (Lipinski definition) is 3. The fourth-order valence-corrected chi connectivity index (χ4v) is 1.57. The smallest absolute Gasteiger partial charge is 0.159 e. The van der Waals surface area contributed by atoms with Crippen molar-refractivity contribution < 1.29 is 20.1 Å². The van der Waals surface area contributed by atoms with Crippen LogP contribution < -0.4 is 0 Å². The van der Waals surface area contributed by atoms with Gasteiger partial charge in [-0.25, -0.2) is 9.97 Å². The van der Waals surface area contributed by atoms with Crippen molar-refractivity contribution in [3.8, 4) is 0 Å². The molecule has 2 heterocycles. The minimum Gasteiger partial charge on any atom is -0.394 e. The fraction of sp³-hybridized carbons (Fsp3) is 0.556. The van der Waals surface area contributed by atoms with Gasteiger partial charge in [-0.3, -0.25) is 0 Å². The first kappa shape index (κ1) is 10.4. The number of nitrogens with zero attached hydrogens (tertiary/aromatic N) is 2. The van der Waals surface area contributed by atoms with Crippen LogP contribution in [0.25, 0.3) is 0 Å². The maximum Gasteiger partial charge on any atom is 0.159 e. The van der Waals surface area contributed by atoms with Gasteiger partial charge in [0, 0.05) is 12.4 Å². The first-order valence-corrected chi connectivity index (χ1v) is 4.63. The summed E-state index contributed by atoms with van der Waals surface area (Å²) in [5.74, 6) is 0.306. The quantitative estimate of drug-likeness (QED) is 0.560. The molecule has 1 fully saturated rings. The molecule has 1 saturated heterocycles. The molecule has 4 atom stereocenters. The lowest BCUT2D eigenvalue weighted by Gasteiger charge is -2.12. The summed E-state index contributed by atoms with van der Waals surface area (Å²) in [6.07, 6.45) is -0.728. The van der Waals surface area contributed by atoms with Crippen molar-refractivity contribution in [3.63, 3.8) is 0 Å². The summed E-state index contributed by atoms with van der Waals surface area (Å²) >= 11 is 0. The molecule has 3 N–H and O–H groups in total. The van der Waals surface area contributed by atoms with Gasteiger partial charge in [0.1, 0.15) is 24.4 Å². The van der Waals surface area contributed by atoms with Crippen LogP contribution in [-0.2, 0) is 4.74 Å². The maximum atomic E-state index is 9.65. The summed E-state index contributed by atoms with van der Waals surface area (Å²) < 4.78 is 5.25. The van der Waals surface area contributed by atoms with Gasteiger partial charge in [0.2, 0.25) is 0 Å². The van der Waals surface area contributed by atoms with E-state index in [2.05, 4.69) is 9.97 Å². The Morgan fingerprint density at radius 3 is 2.40 bits per heavy atom. The van der Waals surface area contributed by atoms with Crippen LogP contribution >= 0.6 is 0 Å². The molecule has 0 bridgehead atoms. The fourth-order valence-electron chi connectivity index (χ4n) is 1.57. The van der Waals surface area contributed by atoms with Crippen LogP contribution in [0.3, 0.4) is 0 Å². The highest BCUT2D eigenvalue weighted by molar-refractivity contribution is 5.02. The topological polar surface area (TPSA) is 95.7 Å². The number of hydrogen-bond acceptors (Lipinski definition) is 6. The molecule has 1 aromatic heterocycles. The van der Waals surface area contributed by atoms with Crippen LogP contribution in [0, 0.1) is 0 Å². The highest BCUT2D eigenvalue weighted by Crippen LogP contribution is 2.31. The first-order chi connectivity index (χ1) is 7.24. The number of aliphatic hydroxyl groups is 3. The van der Waals surface area contributed by atoms with E-state index in [-0.39, 0.29) is 6.61 Å². The van der Waals surface area contributed by atoms with Crippen molar-refractivity contribution in [2.75, 3.05) is 6.61 Å². The zero-order chi connectivity index (χ0) is 10.8. The average molecular weight is 212 g/mol. The molecule has 1 aliphatic heterocycles. The van der Waals surface area contributed by atoms with Crippen molar-refractivity contribution in [2.24, 2.45) is 0 Å². The molecule has 0 aliphatic carbocycles. The molecule has 0 amide bonds. The van der Waals surface area contributed by atoms with E-state index < -0.39 is 24.4 Å². The Hall–Kier alpha value is -1.08. The van der Waals surface area contributed by atoms with Crippen LogP contribution in [0.1, 0.15) is 11.9 Å². The van der Waals surface area contributed by atoms with Gasteiger partial charge in [0.05, 0.1) is 6.61 Å². The number of ether oxygens (including phenoxy) is 1. The largest absolute Gasteiger partial charge is 0.394 e. The maximum absolute atomic E-state index is 9.65. The van der Waals surface area contributed by atoms with Gasteiger partial charge >= 0.3 is 0 Å². The second-order valence-corrected chi connectivity index (χ2v) is 3.37. The first-order valence-electron chi connectivity index (χ1n) is 4.63. The number of rotatable bonds is 2. The molecular weight excluding hydrogens is 200 g/mol. The lowest BCUT2D eigenvalue weighted by atomic mass is 10.1. The van der Waals surface area contributed by atoms with Crippen LogP contribution in [0.5, 0.6) is 0 Å². The van der Waals surface area contributed by atoms with Crippen molar-refractivity contribution >= 4 is 0 Å². The Labute approximate surface area is 86.2 Å². The molecule has 0 saturated carbocycles. The molecule has 1 aliphatic rings. The van der Waals surface area contributed by atoms with Crippen LogP contribution in [-0.4, -0.2) is 50.2 Å². The highest BCUT2D eigenvalue weighted by atomic mass is 16.6. The van der Waals surface area contributed by atoms with Gasteiger partial charge in [0.15, 0.2) is 5.82 Å². The van der Waals surface area contributed by atoms with Crippen LogP contribution in [0.15, 0.2) is 18.5 Å². The molecule has 0 unspecified atom stereocenters. The molecule has 6 heteroatoms. The molecule has 0 radical (unpaired) electrons. The standard InChI is InChI=1S/C9H12N2O4/c12-4-5-6(13)7(14)8(15-5)9-10-2-1-3-11-9/h1-3,5-8,12-14H,4H2/t5-,6-,7-,8-/m1/s1. The third kappa shape index (κ3) is 1.84. The summed E-state index contributed by atoms with van der Waals surface area (Å²) in [7, 11) is 0. The number of aliphatic hydroxyl groups excluding tert-OH is 3. The van der Waals surface area contributed by atoms with E-state index in [4.69, 9.17) is 9.84 Å². The Morgan fingerprint density at radius 2 is 1.87 bits per heavy atom. The van der Waals surface area contributed by atoms with Crippen molar-refractivity contribution in [1.82, 2.24) is 9.97 Å². The van der Waals surface area contributed by atoms with E-state index in [1.165, 1.54) is 12.4 Å². The van der Waals surface area contributed by atoms with Gasteiger partial charge in [-0.05, 0) is 6.07 Å². The molecule has 15 heavy (non-hydrogen) atoms. The third-order valence-corrected chi connectivity index (χ3v) is 2.38. The normalized spacial score (nSPS) is 35.7.